The maximum absolute atomic E-state index is 13.4. The third kappa shape index (κ3) is 4.97. The van der Waals surface area contributed by atoms with Gasteiger partial charge in [0.25, 0.3) is 5.56 Å². The molecule has 0 spiro atoms. The fourth-order valence-electron chi connectivity index (χ4n) is 5.17. The molecule has 1 saturated carbocycles. The molecule has 0 bridgehead atoms. The van der Waals surface area contributed by atoms with Crippen LogP contribution in [0.2, 0.25) is 0 Å². The Balaban J connectivity index is 1.91. The van der Waals surface area contributed by atoms with Crippen LogP contribution in [0, 0.1) is 17.8 Å². The number of fused-ring (bicyclic) bond motifs is 1. The maximum Gasteiger partial charge on any atom is 0.493 e. The predicted molar refractivity (Wildman–Crippen MR) is 126 cm³/mol. The summed E-state index contributed by atoms with van der Waals surface area (Å²) in [5.41, 5.74) is -1.35. The molecule has 2 aliphatic heterocycles. The van der Waals surface area contributed by atoms with Crippen LogP contribution in [0.15, 0.2) is 9.59 Å². The zero-order chi connectivity index (χ0) is 26.0. The number of anilines is 2. The number of halogens is 3. The number of hydroxylamine groups is 1. The van der Waals surface area contributed by atoms with Crippen LogP contribution >= 0.6 is 0 Å². The highest BCUT2D eigenvalue weighted by Crippen LogP contribution is 2.39. The lowest BCUT2D eigenvalue weighted by Gasteiger charge is -2.40. The number of hydrogen-bond acceptors (Lipinski definition) is 8. The van der Waals surface area contributed by atoms with Crippen LogP contribution in [0.25, 0.3) is 0 Å². The molecule has 198 valence electrons. The Morgan fingerprint density at radius 2 is 1.81 bits per heavy atom. The van der Waals surface area contributed by atoms with Crippen molar-refractivity contribution >= 4 is 17.5 Å². The summed E-state index contributed by atoms with van der Waals surface area (Å²) in [6, 6.07) is 0. The number of hydrogen-bond donors (Lipinski definition) is 1. The monoisotopic (exact) mass is 512 g/mol. The van der Waals surface area contributed by atoms with E-state index in [1.54, 1.807) is 6.92 Å². The van der Waals surface area contributed by atoms with Crippen LogP contribution in [0.3, 0.4) is 0 Å². The van der Waals surface area contributed by atoms with Crippen molar-refractivity contribution < 1.29 is 22.8 Å². The minimum Gasteiger partial charge on any atom is -0.327 e. The Kier molecular flexibility index (Phi) is 7.65. The van der Waals surface area contributed by atoms with Gasteiger partial charge in [0, 0.05) is 39.8 Å². The van der Waals surface area contributed by atoms with Gasteiger partial charge in [-0.2, -0.15) is 13.2 Å². The van der Waals surface area contributed by atoms with E-state index in [4.69, 9.17) is 4.84 Å². The SMILES string of the molecule is CC#CCN1c2c(n(CC3CCCCC3)c(=O)n(C)c2=O)N(OC(=O)C(F)(F)F)C1N1CCNCC1. The number of rotatable bonds is 5. The van der Waals surface area contributed by atoms with Crippen molar-refractivity contribution in [3.8, 4) is 11.8 Å². The molecule has 1 aromatic heterocycles. The number of carbonyl (C=O) groups is 1. The first-order chi connectivity index (χ1) is 17.1. The van der Waals surface area contributed by atoms with Gasteiger partial charge in [-0.25, -0.2) is 9.59 Å². The molecule has 3 aliphatic rings. The van der Waals surface area contributed by atoms with E-state index in [-0.39, 0.29) is 30.5 Å². The second-order valence-corrected chi connectivity index (χ2v) is 9.32. The van der Waals surface area contributed by atoms with E-state index in [9.17, 15) is 27.6 Å². The molecule has 3 heterocycles. The van der Waals surface area contributed by atoms with Crippen LogP contribution in [0.5, 0.6) is 0 Å². The smallest absolute Gasteiger partial charge is 0.327 e. The van der Waals surface area contributed by atoms with Crippen molar-refractivity contribution in [1.29, 1.82) is 0 Å². The molecule has 4 rings (SSSR count). The van der Waals surface area contributed by atoms with E-state index >= 15 is 0 Å². The van der Waals surface area contributed by atoms with E-state index in [2.05, 4.69) is 17.2 Å². The Bertz CT molecular complexity index is 1160. The average Bonchev–Trinajstić information content (AvgIpc) is 3.18. The first-order valence-corrected chi connectivity index (χ1v) is 12.2. The molecule has 13 heteroatoms. The van der Waals surface area contributed by atoms with E-state index in [1.165, 1.54) is 16.5 Å². The predicted octanol–water partition coefficient (Wildman–Crippen LogP) is 0.986. The van der Waals surface area contributed by atoms with Gasteiger partial charge in [0.1, 0.15) is 0 Å². The van der Waals surface area contributed by atoms with Crippen molar-refractivity contribution in [3.63, 3.8) is 0 Å². The molecule has 10 nitrogen and oxygen atoms in total. The van der Waals surface area contributed by atoms with Crippen molar-refractivity contribution in [2.24, 2.45) is 13.0 Å². The molecule has 1 atom stereocenters. The minimum atomic E-state index is -5.26. The fraction of sp³-hybridized carbons (Fsp3) is 0.696. The summed E-state index contributed by atoms with van der Waals surface area (Å²) in [6.07, 6.45) is -1.55. The molecule has 0 amide bonds. The normalized spacial score (nSPS) is 21.2. The zero-order valence-corrected chi connectivity index (χ0v) is 20.4. The molecule has 1 aliphatic carbocycles. The van der Waals surface area contributed by atoms with Crippen molar-refractivity contribution in [2.75, 3.05) is 42.7 Å². The van der Waals surface area contributed by atoms with Crippen molar-refractivity contribution in [3.05, 3.63) is 20.8 Å². The zero-order valence-electron chi connectivity index (χ0n) is 20.4. The highest BCUT2D eigenvalue weighted by molar-refractivity contribution is 5.80. The lowest BCUT2D eigenvalue weighted by Crippen LogP contribution is -2.61. The van der Waals surface area contributed by atoms with Gasteiger partial charge in [-0.1, -0.05) is 25.2 Å². The third-order valence-corrected chi connectivity index (χ3v) is 6.96. The Labute approximate surface area is 206 Å². The van der Waals surface area contributed by atoms with Crippen LogP contribution in [-0.2, 0) is 23.2 Å². The van der Waals surface area contributed by atoms with Crippen LogP contribution in [0.1, 0.15) is 39.0 Å². The molecule has 1 unspecified atom stereocenters. The lowest BCUT2D eigenvalue weighted by atomic mass is 9.89. The van der Waals surface area contributed by atoms with Gasteiger partial charge in [-0.15, -0.1) is 11.0 Å². The third-order valence-electron chi connectivity index (χ3n) is 6.96. The second kappa shape index (κ2) is 10.6. The summed E-state index contributed by atoms with van der Waals surface area (Å²) in [5, 5.41) is 3.98. The summed E-state index contributed by atoms with van der Waals surface area (Å²) in [7, 11) is 1.34. The van der Waals surface area contributed by atoms with Gasteiger partial charge in [-0.05, 0) is 25.7 Å². The molecule has 0 radical (unpaired) electrons. The van der Waals surface area contributed by atoms with Gasteiger partial charge in [0.2, 0.25) is 0 Å². The number of carbonyl (C=O) groups excluding carboxylic acids is 1. The Hall–Kier alpha value is -2.98. The van der Waals surface area contributed by atoms with E-state index in [0.29, 0.717) is 26.2 Å². The molecule has 2 fully saturated rings. The minimum absolute atomic E-state index is 0.00492. The summed E-state index contributed by atoms with van der Waals surface area (Å²) < 4.78 is 42.3. The first-order valence-electron chi connectivity index (χ1n) is 12.2. The number of alkyl halides is 3. The number of nitrogens with one attached hydrogen (secondary N) is 1. The van der Waals surface area contributed by atoms with Crippen LogP contribution in [0.4, 0.5) is 24.7 Å². The Morgan fingerprint density at radius 1 is 1.14 bits per heavy atom. The van der Waals surface area contributed by atoms with Crippen LogP contribution in [-0.4, -0.2) is 65.2 Å². The summed E-state index contributed by atoms with van der Waals surface area (Å²) in [4.78, 5) is 47.1. The Morgan fingerprint density at radius 3 is 2.42 bits per heavy atom. The van der Waals surface area contributed by atoms with Gasteiger partial charge in [0.05, 0.1) is 6.54 Å². The summed E-state index contributed by atoms with van der Waals surface area (Å²) >= 11 is 0. The molecular weight excluding hydrogens is 481 g/mol. The van der Waals surface area contributed by atoms with E-state index in [0.717, 1.165) is 41.7 Å². The average molecular weight is 513 g/mol. The van der Waals surface area contributed by atoms with E-state index < -0.39 is 29.7 Å². The van der Waals surface area contributed by atoms with E-state index in [1.807, 2.05) is 4.90 Å². The molecular formula is C23H31F3N6O4. The molecule has 36 heavy (non-hydrogen) atoms. The number of piperazine rings is 1. The molecule has 1 N–H and O–H groups in total. The second-order valence-electron chi connectivity index (χ2n) is 9.32. The summed E-state index contributed by atoms with van der Waals surface area (Å²) in [5.74, 6) is 3.18. The van der Waals surface area contributed by atoms with Gasteiger partial charge in [-0.3, -0.25) is 18.8 Å². The lowest BCUT2D eigenvalue weighted by molar-refractivity contribution is -0.203. The summed E-state index contributed by atoms with van der Waals surface area (Å²) in [6.45, 7) is 3.75. The molecule has 0 aromatic carbocycles. The number of aromatic nitrogens is 2. The molecule has 1 saturated heterocycles. The molecule has 1 aromatic rings. The largest absolute Gasteiger partial charge is 0.493 e. The van der Waals surface area contributed by atoms with Gasteiger partial charge < -0.3 is 15.1 Å². The quantitative estimate of drug-likeness (QED) is 0.585. The van der Waals surface area contributed by atoms with Crippen molar-refractivity contribution in [1.82, 2.24) is 19.4 Å². The highest BCUT2D eigenvalue weighted by atomic mass is 19.4. The van der Waals surface area contributed by atoms with Gasteiger partial charge >= 0.3 is 17.8 Å². The van der Waals surface area contributed by atoms with Gasteiger partial charge in [0.15, 0.2) is 17.8 Å². The fourth-order valence-corrected chi connectivity index (χ4v) is 5.17. The maximum atomic E-state index is 13.4. The first kappa shape index (κ1) is 26.1. The number of nitrogens with zero attached hydrogens (tertiary/aromatic N) is 5. The van der Waals surface area contributed by atoms with Crippen LogP contribution < -0.4 is 26.5 Å². The standard InChI is InChI=1S/C23H31F3N6O4/c1-3-4-12-30-17-18(31(22(35)28(2)19(17)33)15-16-8-6-5-7-9-16)32(36-20(34)23(24,25)26)21(30)29-13-10-27-11-14-29/h16,21,27H,5-15H2,1-2H3. The topological polar surface area (TPSA) is 92.0 Å². The highest BCUT2D eigenvalue weighted by Gasteiger charge is 2.51. The van der Waals surface area contributed by atoms with Crippen molar-refractivity contribution in [2.45, 2.75) is 58.0 Å².